The van der Waals surface area contributed by atoms with Crippen LogP contribution in [0.4, 0.5) is 4.39 Å². The highest BCUT2D eigenvalue weighted by molar-refractivity contribution is 4.50. The molecule has 0 nitrogen and oxygen atoms in total. The van der Waals surface area contributed by atoms with Gasteiger partial charge in [-0.2, -0.15) is 0 Å². The standard InChI is InChI=1S/C12H25F/c1-3-4-5-6-7-8-9-10-11-12(2)13/h12H,3-11H2,1-2H3/i12T. The van der Waals surface area contributed by atoms with Crippen molar-refractivity contribution in [3.63, 3.8) is 0 Å². The maximum atomic E-state index is 12.7. The predicted octanol–water partition coefficient (Wildman–Crippen LogP) is 4.88. The summed E-state index contributed by atoms with van der Waals surface area (Å²) < 4.78 is 19.8. The Morgan fingerprint density at radius 2 is 1.46 bits per heavy atom. The highest BCUT2D eigenvalue weighted by Crippen LogP contribution is 2.11. The van der Waals surface area contributed by atoms with Crippen molar-refractivity contribution in [2.45, 2.75) is 77.8 Å². The molecule has 1 atom stereocenters. The number of halogens is 1. The zero-order valence-electron chi connectivity index (χ0n) is 10.2. The summed E-state index contributed by atoms with van der Waals surface area (Å²) in [4.78, 5) is 0. The molecule has 0 heterocycles. The second-order valence-corrected chi connectivity index (χ2v) is 3.90. The van der Waals surface area contributed by atoms with Gasteiger partial charge in [0.05, 0.1) is 7.52 Å². The lowest BCUT2D eigenvalue weighted by Gasteiger charge is -2.02. The molecule has 0 rings (SSSR count). The average Bonchev–Trinajstić information content (AvgIpc) is 2.08. The molecule has 13 heavy (non-hydrogen) atoms. The summed E-state index contributed by atoms with van der Waals surface area (Å²) in [5.41, 5.74) is 0. The topological polar surface area (TPSA) is 0 Å². The molecular formula is C12H25F. The molecule has 0 bridgehead atoms. The number of hydrogen-bond acceptors (Lipinski definition) is 0. The maximum Gasteiger partial charge on any atom is 0.0973 e. The minimum absolute atomic E-state index is 0.391. The average molecular weight is 190 g/mol. The van der Waals surface area contributed by atoms with Crippen molar-refractivity contribution in [2.75, 3.05) is 0 Å². The third-order valence-corrected chi connectivity index (χ3v) is 2.37. The Hall–Kier alpha value is -0.0700. The van der Waals surface area contributed by atoms with Crippen molar-refractivity contribution in [3.05, 3.63) is 0 Å². The summed E-state index contributed by atoms with van der Waals surface area (Å²) in [6.45, 7) is 3.56. The van der Waals surface area contributed by atoms with Crippen LogP contribution in [-0.4, -0.2) is 6.15 Å². The van der Waals surface area contributed by atoms with Crippen LogP contribution in [0.25, 0.3) is 0 Å². The fourth-order valence-electron chi connectivity index (χ4n) is 1.50. The first-order chi connectivity index (χ1) is 6.56. The first-order valence-electron chi connectivity index (χ1n) is 6.25. The number of alkyl halides is 1. The Bertz CT molecular complexity index is 118. The minimum Gasteiger partial charge on any atom is -0.248 e. The molecule has 0 aromatic heterocycles. The van der Waals surface area contributed by atoms with Gasteiger partial charge in [0.1, 0.15) is 0 Å². The van der Waals surface area contributed by atoms with Crippen LogP contribution < -0.4 is 0 Å². The number of unbranched alkanes of at least 4 members (excludes halogenated alkanes) is 7. The largest absolute Gasteiger partial charge is 0.248 e. The van der Waals surface area contributed by atoms with Crippen LogP contribution in [0.15, 0.2) is 0 Å². The lowest BCUT2D eigenvalue weighted by molar-refractivity contribution is 0.329. The van der Waals surface area contributed by atoms with E-state index in [4.69, 9.17) is 1.37 Å². The van der Waals surface area contributed by atoms with Gasteiger partial charge in [0, 0.05) is 0 Å². The molecular weight excluding hydrogens is 163 g/mol. The second-order valence-electron chi connectivity index (χ2n) is 3.90. The van der Waals surface area contributed by atoms with E-state index >= 15 is 0 Å². The molecule has 0 fully saturated rings. The molecule has 1 heteroatoms. The molecule has 0 saturated carbocycles. The van der Waals surface area contributed by atoms with E-state index < -0.39 is 6.15 Å². The van der Waals surface area contributed by atoms with E-state index in [1.165, 1.54) is 45.4 Å². The van der Waals surface area contributed by atoms with Gasteiger partial charge in [-0.25, -0.2) is 4.39 Å². The van der Waals surface area contributed by atoms with E-state index in [-0.39, 0.29) is 0 Å². The van der Waals surface area contributed by atoms with Gasteiger partial charge < -0.3 is 0 Å². The van der Waals surface area contributed by atoms with E-state index in [0.717, 1.165) is 12.8 Å². The van der Waals surface area contributed by atoms with Crippen molar-refractivity contribution in [1.82, 2.24) is 0 Å². The Labute approximate surface area is 84.3 Å². The van der Waals surface area contributed by atoms with Crippen molar-refractivity contribution < 1.29 is 5.76 Å². The summed E-state index contributed by atoms with van der Waals surface area (Å²) >= 11 is 0. The fourth-order valence-corrected chi connectivity index (χ4v) is 1.50. The van der Waals surface area contributed by atoms with Crippen LogP contribution >= 0.6 is 0 Å². The van der Waals surface area contributed by atoms with E-state index in [9.17, 15) is 4.39 Å². The van der Waals surface area contributed by atoms with Crippen LogP contribution in [0.3, 0.4) is 0 Å². The van der Waals surface area contributed by atoms with Crippen LogP contribution in [0.1, 0.15) is 73.0 Å². The first-order valence-corrected chi connectivity index (χ1v) is 5.75. The molecule has 80 valence electrons. The Balaban J connectivity index is 2.99. The maximum absolute atomic E-state index is 12.7. The number of rotatable bonds is 9. The number of hydrogen-bond donors (Lipinski definition) is 0. The van der Waals surface area contributed by atoms with Crippen molar-refractivity contribution in [1.29, 1.82) is 0 Å². The SMILES string of the molecule is [3H]C(C)(F)CCCCCCCCCC. The highest BCUT2D eigenvalue weighted by atomic mass is 19.1. The third-order valence-electron chi connectivity index (χ3n) is 2.37. The van der Waals surface area contributed by atoms with Crippen molar-refractivity contribution in [2.24, 2.45) is 0 Å². The smallest absolute Gasteiger partial charge is 0.0973 e. The molecule has 0 radical (unpaired) electrons. The Morgan fingerprint density at radius 3 is 1.92 bits per heavy atom. The Morgan fingerprint density at radius 1 is 1.00 bits per heavy atom. The lowest BCUT2D eigenvalue weighted by Crippen LogP contribution is -1.91. The fraction of sp³-hybridized carbons (Fsp3) is 1.00. The van der Waals surface area contributed by atoms with E-state index in [2.05, 4.69) is 6.92 Å². The van der Waals surface area contributed by atoms with E-state index in [0.29, 0.717) is 6.42 Å². The first kappa shape index (κ1) is 11.0. The van der Waals surface area contributed by atoms with Gasteiger partial charge in [-0.05, 0) is 13.3 Å². The molecule has 0 aromatic rings. The minimum atomic E-state index is -1.71. The van der Waals surface area contributed by atoms with Gasteiger partial charge in [-0.1, -0.05) is 58.3 Å². The monoisotopic (exact) mass is 190 g/mol. The van der Waals surface area contributed by atoms with Gasteiger partial charge in [-0.3, -0.25) is 0 Å². The molecule has 0 N–H and O–H groups in total. The summed E-state index contributed by atoms with van der Waals surface area (Å²) in [7, 11) is 0. The second kappa shape index (κ2) is 10.0. The third kappa shape index (κ3) is 11.9. The Kier molecular flexibility index (Phi) is 8.48. The van der Waals surface area contributed by atoms with Crippen molar-refractivity contribution >= 4 is 0 Å². The molecule has 0 aliphatic rings. The van der Waals surface area contributed by atoms with Gasteiger partial charge in [0.2, 0.25) is 0 Å². The van der Waals surface area contributed by atoms with Gasteiger partial charge in [0.15, 0.2) is 0 Å². The van der Waals surface area contributed by atoms with Crippen LogP contribution in [0, 0.1) is 0 Å². The summed E-state index contributed by atoms with van der Waals surface area (Å²) in [6.07, 6.45) is 8.42. The normalized spacial score (nSPS) is 16.7. The quantitative estimate of drug-likeness (QED) is 0.455. The van der Waals surface area contributed by atoms with Crippen LogP contribution in [-0.2, 0) is 0 Å². The zero-order chi connectivity index (χ0) is 10.9. The molecule has 1 unspecified atom stereocenters. The van der Waals surface area contributed by atoms with Crippen LogP contribution in [0.5, 0.6) is 0 Å². The predicted molar refractivity (Wildman–Crippen MR) is 57.8 cm³/mol. The molecule has 0 amide bonds. The van der Waals surface area contributed by atoms with E-state index in [1.807, 2.05) is 0 Å². The zero-order valence-corrected chi connectivity index (χ0v) is 9.24. The van der Waals surface area contributed by atoms with Gasteiger partial charge in [-0.15, -0.1) is 0 Å². The molecule has 0 saturated heterocycles. The molecule has 0 aliphatic heterocycles. The van der Waals surface area contributed by atoms with Gasteiger partial charge in [0.25, 0.3) is 0 Å². The lowest BCUT2D eigenvalue weighted by atomic mass is 10.1. The summed E-state index contributed by atoms with van der Waals surface area (Å²) in [5, 5.41) is 0. The summed E-state index contributed by atoms with van der Waals surface area (Å²) in [5.74, 6) is 0. The highest BCUT2D eigenvalue weighted by Gasteiger charge is 1.96. The van der Waals surface area contributed by atoms with E-state index in [1.54, 1.807) is 0 Å². The summed E-state index contributed by atoms with van der Waals surface area (Å²) in [6, 6.07) is 0. The molecule has 0 aliphatic carbocycles. The van der Waals surface area contributed by atoms with Crippen molar-refractivity contribution in [3.8, 4) is 0 Å². The molecule has 0 spiro atoms. The van der Waals surface area contributed by atoms with Gasteiger partial charge >= 0.3 is 0 Å². The molecule has 0 aromatic carbocycles. The van der Waals surface area contributed by atoms with Crippen LogP contribution in [0.2, 0.25) is 0 Å².